The van der Waals surface area contributed by atoms with E-state index in [1.54, 1.807) is 4.57 Å². The fraction of sp³-hybridized carbons (Fsp3) is 0.316. The molecule has 26 heavy (non-hydrogen) atoms. The second kappa shape index (κ2) is 7.37. The quantitative estimate of drug-likeness (QED) is 0.531. The molecule has 6 nitrogen and oxygen atoms in total. The van der Waals surface area contributed by atoms with Gasteiger partial charge in [-0.3, -0.25) is 14.2 Å². The molecular formula is C19H22N4O2S. The zero-order chi connectivity index (χ0) is 18.8. The molecule has 2 heterocycles. The Labute approximate surface area is 156 Å². The highest BCUT2D eigenvalue weighted by molar-refractivity contribution is 7.99. The molecule has 0 saturated carbocycles. The molecule has 0 aliphatic carbocycles. The maximum absolute atomic E-state index is 12.8. The van der Waals surface area contributed by atoms with E-state index in [0.29, 0.717) is 16.2 Å². The molecule has 0 unspecified atom stereocenters. The summed E-state index contributed by atoms with van der Waals surface area (Å²) < 4.78 is 1.63. The highest BCUT2D eigenvalue weighted by Gasteiger charge is 2.16. The minimum absolute atomic E-state index is 0.0506. The van der Waals surface area contributed by atoms with E-state index < -0.39 is 0 Å². The number of anilines is 1. The third-order valence-electron chi connectivity index (χ3n) is 3.94. The summed E-state index contributed by atoms with van der Waals surface area (Å²) in [5.41, 5.74) is 3.76. The molecule has 0 spiro atoms. The van der Waals surface area contributed by atoms with Gasteiger partial charge in [-0.05, 0) is 51.5 Å². The van der Waals surface area contributed by atoms with Crippen LogP contribution in [-0.2, 0) is 4.79 Å². The summed E-state index contributed by atoms with van der Waals surface area (Å²) in [4.78, 5) is 32.7. The summed E-state index contributed by atoms with van der Waals surface area (Å²) in [6.45, 7) is 7.73. The fourth-order valence-corrected chi connectivity index (χ4v) is 3.73. The second-order valence-electron chi connectivity index (χ2n) is 6.58. The minimum Gasteiger partial charge on any atom is -0.353 e. The van der Waals surface area contributed by atoms with Crippen LogP contribution in [-0.4, -0.2) is 26.2 Å². The van der Waals surface area contributed by atoms with Gasteiger partial charge in [0, 0.05) is 17.4 Å². The summed E-state index contributed by atoms with van der Waals surface area (Å²) >= 11 is 1.27. The van der Waals surface area contributed by atoms with Gasteiger partial charge in [0.15, 0.2) is 5.16 Å². The van der Waals surface area contributed by atoms with Crippen LogP contribution < -0.4 is 10.9 Å². The van der Waals surface area contributed by atoms with Crippen LogP contribution in [0.2, 0.25) is 0 Å². The topological polar surface area (TPSA) is 79.8 Å². The Kier molecular flexibility index (Phi) is 5.18. The maximum Gasteiger partial charge on any atom is 0.278 e. The highest BCUT2D eigenvalue weighted by atomic mass is 32.2. The molecular weight excluding hydrogens is 348 g/mol. The molecule has 7 heteroatoms. The lowest BCUT2D eigenvalue weighted by atomic mass is 10.2. The van der Waals surface area contributed by atoms with Crippen molar-refractivity contribution in [1.82, 2.24) is 14.5 Å². The molecule has 136 valence electrons. The molecule has 1 amide bonds. The average molecular weight is 370 g/mol. The number of nitrogens with zero attached hydrogens (tertiary/aromatic N) is 2. The number of carbonyl (C=O) groups is 1. The number of hydrogen-bond donors (Lipinski definition) is 2. The summed E-state index contributed by atoms with van der Waals surface area (Å²) in [6, 6.07) is 9.44. The Morgan fingerprint density at radius 3 is 2.77 bits per heavy atom. The molecule has 0 saturated heterocycles. The van der Waals surface area contributed by atoms with Crippen LogP contribution >= 0.6 is 11.8 Å². The van der Waals surface area contributed by atoms with E-state index in [4.69, 9.17) is 0 Å². The zero-order valence-electron chi connectivity index (χ0n) is 15.3. The van der Waals surface area contributed by atoms with Crippen molar-refractivity contribution in [1.29, 1.82) is 0 Å². The predicted molar refractivity (Wildman–Crippen MR) is 106 cm³/mol. The monoisotopic (exact) mass is 370 g/mol. The first kappa shape index (κ1) is 18.3. The Morgan fingerprint density at radius 1 is 1.31 bits per heavy atom. The van der Waals surface area contributed by atoms with Crippen molar-refractivity contribution in [3.8, 4) is 0 Å². The van der Waals surface area contributed by atoms with Crippen LogP contribution in [0.25, 0.3) is 11.0 Å². The van der Waals surface area contributed by atoms with Crippen LogP contribution in [0.15, 0.2) is 40.3 Å². The third-order valence-corrected chi connectivity index (χ3v) is 4.89. The number of fused-ring (bicyclic) bond motifs is 1. The smallest absolute Gasteiger partial charge is 0.278 e. The molecule has 0 aliphatic heterocycles. The number of H-pyrrole nitrogens is 1. The minimum atomic E-state index is -0.129. The summed E-state index contributed by atoms with van der Waals surface area (Å²) in [7, 11) is 0. The van der Waals surface area contributed by atoms with E-state index in [1.807, 2.05) is 58.0 Å². The number of hydrogen-bond acceptors (Lipinski definition) is 4. The molecule has 0 atom stereocenters. The number of nitrogens with one attached hydrogen (secondary N) is 2. The van der Waals surface area contributed by atoms with Crippen molar-refractivity contribution < 1.29 is 4.79 Å². The van der Waals surface area contributed by atoms with E-state index in [2.05, 4.69) is 15.3 Å². The van der Waals surface area contributed by atoms with Gasteiger partial charge < -0.3 is 10.3 Å². The van der Waals surface area contributed by atoms with Crippen LogP contribution in [0.4, 0.5) is 5.69 Å². The van der Waals surface area contributed by atoms with Gasteiger partial charge in [0.2, 0.25) is 5.91 Å². The molecule has 1 aromatic carbocycles. The van der Waals surface area contributed by atoms with E-state index in [1.165, 1.54) is 11.8 Å². The normalized spacial score (nSPS) is 11.3. The number of rotatable bonds is 5. The SMILES string of the molecule is Cc1cccc(NC(=O)CSc2nc3cc(C)[nH]c3c(=O)n2C(C)C)c1. The molecule has 2 aromatic heterocycles. The standard InChI is InChI=1S/C19H22N4O2S/c1-11(2)23-18(25)17-15(9-13(4)20-17)22-19(23)26-10-16(24)21-14-7-5-6-12(3)8-14/h5-9,11,20H,10H2,1-4H3,(H,21,24). The lowest BCUT2D eigenvalue weighted by Crippen LogP contribution is -2.25. The maximum atomic E-state index is 12.8. The first-order chi connectivity index (χ1) is 12.3. The first-order valence-corrected chi connectivity index (χ1v) is 9.45. The van der Waals surface area contributed by atoms with Gasteiger partial charge in [0.05, 0.1) is 11.3 Å². The van der Waals surface area contributed by atoms with Gasteiger partial charge >= 0.3 is 0 Å². The van der Waals surface area contributed by atoms with Gasteiger partial charge in [-0.15, -0.1) is 0 Å². The molecule has 0 fully saturated rings. The van der Waals surface area contributed by atoms with Gasteiger partial charge in [-0.1, -0.05) is 23.9 Å². The number of amides is 1. The molecule has 3 aromatic rings. The number of thioether (sulfide) groups is 1. The fourth-order valence-electron chi connectivity index (χ4n) is 2.80. The van der Waals surface area contributed by atoms with Crippen molar-refractivity contribution in [2.24, 2.45) is 0 Å². The molecule has 0 radical (unpaired) electrons. The average Bonchev–Trinajstić information content (AvgIpc) is 2.93. The van der Waals surface area contributed by atoms with Crippen molar-refractivity contribution >= 4 is 34.4 Å². The number of benzene rings is 1. The largest absolute Gasteiger partial charge is 0.353 e. The summed E-state index contributed by atoms with van der Waals surface area (Å²) in [6.07, 6.45) is 0. The van der Waals surface area contributed by atoms with Gasteiger partial charge in [-0.25, -0.2) is 4.98 Å². The van der Waals surface area contributed by atoms with Crippen LogP contribution in [0, 0.1) is 13.8 Å². The Bertz CT molecular complexity index is 1020. The van der Waals surface area contributed by atoms with Gasteiger partial charge in [0.25, 0.3) is 5.56 Å². The number of aromatic amines is 1. The number of aromatic nitrogens is 3. The lowest BCUT2D eigenvalue weighted by molar-refractivity contribution is -0.113. The second-order valence-corrected chi connectivity index (χ2v) is 7.52. The van der Waals surface area contributed by atoms with Crippen molar-refractivity contribution in [3.63, 3.8) is 0 Å². The van der Waals surface area contributed by atoms with Crippen molar-refractivity contribution in [2.45, 2.75) is 38.9 Å². The van der Waals surface area contributed by atoms with E-state index in [-0.39, 0.29) is 23.3 Å². The summed E-state index contributed by atoms with van der Waals surface area (Å²) in [5.74, 6) is 0.0534. The predicted octanol–water partition coefficient (Wildman–Crippen LogP) is 3.65. The Morgan fingerprint density at radius 2 is 2.08 bits per heavy atom. The molecule has 0 bridgehead atoms. The molecule has 0 aliphatic rings. The third kappa shape index (κ3) is 3.83. The van der Waals surface area contributed by atoms with Crippen LogP contribution in [0.1, 0.15) is 31.1 Å². The number of aryl methyl sites for hydroxylation is 2. The van der Waals surface area contributed by atoms with Crippen molar-refractivity contribution in [2.75, 3.05) is 11.1 Å². The molecule has 3 rings (SSSR count). The van der Waals surface area contributed by atoms with Gasteiger partial charge in [-0.2, -0.15) is 0 Å². The number of carbonyl (C=O) groups excluding carboxylic acids is 1. The Hall–Kier alpha value is -2.54. The van der Waals surface area contributed by atoms with Gasteiger partial charge in [0.1, 0.15) is 5.52 Å². The Balaban J connectivity index is 1.82. The van der Waals surface area contributed by atoms with Crippen LogP contribution in [0.5, 0.6) is 0 Å². The van der Waals surface area contributed by atoms with E-state index >= 15 is 0 Å². The zero-order valence-corrected chi connectivity index (χ0v) is 16.1. The highest BCUT2D eigenvalue weighted by Crippen LogP contribution is 2.21. The van der Waals surface area contributed by atoms with Crippen LogP contribution in [0.3, 0.4) is 0 Å². The first-order valence-electron chi connectivity index (χ1n) is 8.46. The molecule has 2 N–H and O–H groups in total. The summed E-state index contributed by atoms with van der Waals surface area (Å²) in [5, 5.41) is 3.43. The van der Waals surface area contributed by atoms with E-state index in [0.717, 1.165) is 16.9 Å². The lowest BCUT2D eigenvalue weighted by Gasteiger charge is -2.15. The van der Waals surface area contributed by atoms with E-state index in [9.17, 15) is 9.59 Å². The van der Waals surface area contributed by atoms with Crippen molar-refractivity contribution in [3.05, 3.63) is 51.9 Å².